The maximum atomic E-state index is 12.5. The first-order chi connectivity index (χ1) is 7.95. The van der Waals surface area contributed by atoms with E-state index in [0.29, 0.717) is 0 Å². The van der Waals surface area contributed by atoms with E-state index in [4.69, 9.17) is 0 Å². The van der Waals surface area contributed by atoms with E-state index in [-0.39, 0.29) is 28.0 Å². The van der Waals surface area contributed by atoms with Gasteiger partial charge >= 0.3 is 5.97 Å². The van der Waals surface area contributed by atoms with Gasteiger partial charge in [0.15, 0.2) is 0 Å². The van der Waals surface area contributed by atoms with E-state index in [1.165, 1.54) is 0 Å². The minimum atomic E-state index is -2.71. The number of carbonyl (C=O) groups excluding carboxylic acids is 1. The molecule has 0 atom stereocenters. The highest BCUT2D eigenvalue weighted by atomic mass is 127. The highest BCUT2D eigenvalue weighted by Gasteiger charge is 2.18. The number of carbonyl (C=O) groups is 1. The minimum absolute atomic E-state index is 0.0391. The molecule has 0 fully saturated rings. The van der Waals surface area contributed by atoms with Gasteiger partial charge in [0.1, 0.15) is 9.45 Å². The van der Waals surface area contributed by atoms with Crippen LogP contribution in [0.3, 0.4) is 0 Å². The van der Waals surface area contributed by atoms with E-state index in [1.807, 2.05) is 0 Å². The quantitative estimate of drug-likeness (QED) is 0.511. The molecule has 0 aromatic carbocycles. The van der Waals surface area contributed by atoms with Gasteiger partial charge in [0.05, 0.1) is 24.3 Å². The van der Waals surface area contributed by atoms with Gasteiger partial charge in [-0.1, -0.05) is 0 Å². The van der Waals surface area contributed by atoms with Crippen molar-refractivity contribution in [2.45, 2.75) is 19.8 Å². The molecule has 0 bridgehead atoms. The lowest BCUT2D eigenvalue weighted by Crippen LogP contribution is -2.10. The lowest BCUT2D eigenvalue weighted by molar-refractivity contribution is -0.142. The minimum Gasteiger partial charge on any atom is -0.506 e. The first-order valence-electron chi connectivity index (χ1n) is 4.77. The molecule has 17 heavy (non-hydrogen) atoms. The van der Waals surface area contributed by atoms with E-state index in [9.17, 15) is 18.7 Å². The molecular weight excluding hydrogens is 347 g/mol. The number of aromatic nitrogens is 1. The Kier molecular flexibility index (Phi) is 5.03. The molecule has 1 rings (SSSR count). The zero-order valence-electron chi connectivity index (χ0n) is 8.91. The van der Waals surface area contributed by atoms with Gasteiger partial charge in [-0.2, -0.15) is 0 Å². The van der Waals surface area contributed by atoms with Gasteiger partial charge in [-0.15, -0.1) is 0 Å². The van der Waals surface area contributed by atoms with Crippen LogP contribution >= 0.6 is 22.6 Å². The highest BCUT2D eigenvalue weighted by Crippen LogP contribution is 2.28. The van der Waals surface area contributed by atoms with Crippen LogP contribution in [0.2, 0.25) is 0 Å². The van der Waals surface area contributed by atoms with Gasteiger partial charge in [0, 0.05) is 0 Å². The van der Waals surface area contributed by atoms with Crippen molar-refractivity contribution < 1.29 is 23.4 Å². The summed E-state index contributed by atoms with van der Waals surface area (Å²) >= 11 is 1.63. The molecule has 0 aliphatic carbocycles. The van der Waals surface area contributed by atoms with Gasteiger partial charge in [0.25, 0.3) is 6.43 Å². The molecule has 1 N–H and O–H groups in total. The van der Waals surface area contributed by atoms with Crippen molar-refractivity contribution in [3.63, 3.8) is 0 Å². The lowest BCUT2D eigenvalue weighted by atomic mass is 10.2. The Hall–Kier alpha value is -0.990. The van der Waals surface area contributed by atoms with E-state index in [1.54, 1.807) is 29.5 Å². The summed E-state index contributed by atoms with van der Waals surface area (Å²) in [7, 11) is 0. The normalized spacial score (nSPS) is 10.6. The number of aromatic hydroxyl groups is 1. The first-order valence-corrected chi connectivity index (χ1v) is 5.85. The number of hydrogen-bond donors (Lipinski definition) is 1. The third-order valence-electron chi connectivity index (χ3n) is 1.91. The largest absolute Gasteiger partial charge is 0.506 e. The number of halogens is 3. The summed E-state index contributed by atoms with van der Waals surface area (Å²) in [6.07, 6.45) is -2.95. The molecule has 0 amide bonds. The van der Waals surface area contributed by atoms with Crippen molar-refractivity contribution in [1.82, 2.24) is 4.98 Å². The Morgan fingerprint density at radius 3 is 2.82 bits per heavy atom. The zero-order chi connectivity index (χ0) is 13.0. The maximum Gasteiger partial charge on any atom is 0.312 e. The fourth-order valence-corrected chi connectivity index (χ4v) is 1.84. The van der Waals surface area contributed by atoms with Crippen LogP contribution in [0.5, 0.6) is 5.75 Å². The Bertz CT molecular complexity index is 426. The standard InChI is InChI=1S/C10H10F2INO3/c1-2-17-8(16)4-6-7(15)3-5(9(11)12)10(13)14-6/h3,9,15H,2,4H2,1H3. The van der Waals surface area contributed by atoms with Crippen molar-refractivity contribution in [3.8, 4) is 5.75 Å². The van der Waals surface area contributed by atoms with Crippen molar-refractivity contribution in [2.75, 3.05) is 6.61 Å². The second-order valence-electron chi connectivity index (χ2n) is 3.12. The predicted molar refractivity (Wildman–Crippen MR) is 63.9 cm³/mol. The molecule has 7 heteroatoms. The number of hydrogen-bond acceptors (Lipinski definition) is 4. The molecule has 0 aliphatic rings. The molecular formula is C10H10F2INO3. The molecule has 0 spiro atoms. The number of rotatable bonds is 4. The SMILES string of the molecule is CCOC(=O)Cc1nc(I)c(C(F)F)cc1O. The summed E-state index contributed by atoms with van der Waals surface area (Å²) in [4.78, 5) is 14.9. The summed E-state index contributed by atoms with van der Waals surface area (Å²) in [5.41, 5.74) is -0.312. The highest BCUT2D eigenvalue weighted by molar-refractivity contribution is 14.1. The zero-order valence-corrected chi connectivity index (χ0v) is 11.1. The summed E-state index contributed by atoms with van der Waals surface area (Å²) in [5.74, 6) is -0.982. The molecule has 0 saturated heterocycles. The van der Waals surface area contributed by atoms with E-state index >= 15 is 0 Å². The third kappa shape index (κ3) is 3.76. The predicted octanol–water partition coefficient (Wildman–Crippen LogP) is 2.44. The summed E-state index contributed by atoms with van der Waals surface area (Å²) in [5, 5.41) is 9.47. The average molecular weight is 357 g/mol. The molecule has 0 saturated carbocycles. The van der Waals surface area contributed by atoms with Gasteiger partial charge < -0.3 is 9.84 Å². The molecule has 0 aliphatic heterocycles. The van der Waals surface area contributed by atoms with Crippen molar-refractivity contribution in [3.05, 3.63) is 21.0 Å². The number of pyridine rings is 1. The van der Waals surface area contributed by atoms with Crippen molar-refractivity contribution >= 4 is 28.6 Å². The molecule has 1 aromatic rings. The van der Waals surface area contributed by atoms with Crippen LogP contribution in [0.25, 0.3) is 0 Å². The summed E-state index contributed by atoms with van der Waals surface area (Å²) in [6, 6.07) is 0.925. The Labute approximate surface area is 110 Å². The first kappa shape index (κ1) is 14.1. The summed E-state index contributed by atoms with van der Waals surface area (Å²) < 4.78 is 29.7. The van der Waals surface area contributed by atoms with Crippen LogP contribution in [0.4, 0.5) is 8.78 Å². The second kappa shape index (κ2) is 6.08. The van der Waals surface area contributed by atoms with Gasteiger partial charge in [-0.3, -0.25) is 4.79 Å². The lowest BCUT2D eigenvalue weighted by Gasteiger charge is -2.08. The van der Waals surface area contributed by atoms with E-state index in [0.717, 1.165) is 6.07 Å². The monoisotopic (exact) mass is 357 g/mol. The van der Waals surface area contributed by atoms with Crippen molar-refractivity contribution in [1.29, 1.82) is 0 Å². The van der Waals surface area contributed by atoms with Crippen molar-refractivity contribution in [2.24, 2.45) is 0 Å². The van der Waals surface area contributed by atoms with Gasteiger partial charge in [0.2, 0.25) is 0 Å². The van der Waals surface area contributed by atoms with Crippen LogP contribution in [-0.2, 0) is 16.0 Å². The Balaban J connectivity index is 2.95. The molecule has 4 nitrogen and oxygen atoms in total. The molecule has 0 unspecified atom stereocenters. The summed E-state index contributed by atoms with van der Waals surface area (Å²) in [6.45, 7) is 1.86. The Morgan fingerprint density at radius 1 is 1.65 bits per heavy atom. The third-order valence-corrected chi connectivity index (χ3v) is 2.78. The fourth-order valence-electron chi connectivity index (χ4n) is 1.16. The Morgan fingerprint density at radius 2 is 2.29 bits per heavy atom. The van der Waals surface area contributed by atoms with Gasteiger partial charge in [-0.25, -0.2) is 13.8 Å². The number of nitrogens with zero attached hydrogens (tertiary/aromatic N) is 1. The molecule has 0 radical (unpaired) electrons. The molecule has 94 valence electrons. The average Bonchev–Trinajstić information content (AvgIpc) is 2.22. The maximum absolute atomic E-state index is 12.5. The van der Waals surface area contributed by atoms with Gasteiger partial charge in [-0.05, 0) is 35.6 Å². The van der Waals surface area contributed by atoms with Crippen LogP contribution in [-0.4, -0.2) is 22.7 Å². The van der Waals surface area contributed by atoms with Crippen LogP contribution in [0.1, 0.15) is 24.6 Å². The molecule has 1 heterocycles. The van der Waals surface area contributed by atoms with E-state index < -0.39 is 18.1 Å². The van der Waals surface area contributed by atoms with E-state index in [2.05, 4.69) is 9.72 Å². The topological polar surface area (TPSA) is 59.4 Å². The number of alkyl halides is 2. The number of esters is 1. The van der Waals surface area contributed by atoms with Crippen LogP contribution < -0.4 is 0 Å². The molecule has 1 aromatic heterocycles. The smallest absolute Gasteiger partial charge is 0.312 e. The fraction of sp³-hybridized carbons (Fsp3) is 0.400. The van der Waals surface area contributed by atoms with Crippen LogP contribution in [0.15, 0.2) is 6.07 Å². The number of ether oxygens (including phenoxy) is 1. The van der Waals surface area contributed by atoms with Crippen LogP contribution in [0, 0.1) is 3.70 Å². The second-order valence-corrected chi connectivity index (χ2v) is 4.14.